The van der Waals surface area contributed by atoms with Gasteiger partial charge in [-0.1, -0.05) is 36.7 Å². The maximum atomic E-state index is 10.9. The zero-order valence-electron chi connectivity index (χ0n) is 12.8. The second kappa shape index (κ2) is 6.52. The Labute approximate surface area is 137 Å². The first kappa shape index (κ1) is 16.5. The van der Waals surface area contributed by atoms with Gasteiger partial charge in [0, 0.05) is 16.1 Å². The Balaban J connectivity index is 2.23. The third kappa shape index (κ3) is 4.10. The first-order valence-electron chi connectivity index (χ1n) is 6.94. The second-order valence-electron chi connectivity index (χ2n) is 6.15. The minimum Gasteiger partial charge on any atom is -0.491 e. The Morgan fingerprint density at radius 1 is 1.41 bits per heavy atom. The number of halogens is 1. The lowest BCUT2D eigenvalue weighted by molar-refractivity contribution is 0.148. The van der Waals surface area contributed by atoms with E-state index in [0.29, 0.717) is 5.75 Å². The SMILES string of the molecule is CC(C)(C)C(COc1ccnc2ccc(Br)cc12)NC(=O)O. The van der Waals surface area contributed by atoms with Gasteiger partial charge >= 0.3 is 6.09 Å². The average molecular weight is 367 g/mol. The molecule has 0 spiro atoms. The predicted molar refractivity (Wildman–Crippen MR) is 89.3 cm³/mol. The van der Waals surface area contributed by atoms with Gasteiger partial charge in [-0.15, -0.1) is 0 Å². The van der Waals surface area contributed by atoms with Crippen LogP contribution in [0.5, 0.6) is 5.75 Å². The van der Waals surface area contributed by atoms with Crippen LogP contribution in [0.25, 0.3) is 10.9 Å². The van der Waals surface area contributed by atoms with Crippen molar-refractivity contribution in [2.75, 3.05) is 6.61 Å². The lowest BCUT2D eigenvalue weighted by atomic mass is 9.87. The molecule has 0 aliphatic rings. The van der Waals surface area contributed by atoms with Gasteiger partial charge in [0.05, 0.1) is 11.6 Å². The quantitative estimate of drug-likeness (QED) is 0.855. The van der Waals surface area contributed by atoms with E-state index in [9.17, 15) is 4.79 Å². The molecule has 118 valence electrons. The largest absolute Gasteiger partial charge is 0.491 e. The Morgan fingerprint density at radius 3 is 2.77 bits per heavy atom. The topological polar surface area (TPSA) is 71.5 Å². The van der Waals surface area contributed by atoms with Gasteiger partial charge in [-0.3, -0.25) is 4.98 Å². The molecule has 1 aromatic carbocycles. The smallest absolute Gasteiger partial charge is 0.405 e. The van der Waals surface area contributed by atoms with Crippen molar-refractivity contribution >= 4 is 32.9 Å². The molecule has 0 aliphatic carbocycles. The van der Waals surface area contributed by atoms with Crippen molar-refractivity contribution in [2.24, 2.45) is 5.41 Å². The summed E-state index contributed by atoms with van der Waals surface area (Å²) in [6.45, 7) is 6.16. The normalized spacial score (nSPS) is 12.9. The highest BCUT2D eigenvalue weighted by Crippen LogP contribution is 2.28. The molecule has 1 unspecified atom stereocenters. The molecule has 0 bridgehead atoms. The van der Waals surface area contributed by atoms with Crippen LogP contribution in [0.3, 0.4) is 0 Å². The number of aromatic nitrogens is 1. The zero-order chi connectivity index (χ0) is 16.3. The number of carbonyl (C=O) groups is 1. The molecule has 2 N–H and O–H groups in total. The van der Waals surface area contributed by atoms with E-state index in [1.54, 1.807) is 12.3 Å². The van der Waals surface area contributed by atoms with E-state index >= 15 is 0 Å². The summed E-state index contributed by atoms with van der Waals surface area (Å²) in [5.41, 5.74) is 0.584. The van der Waals surface area contributed by atoms with E-state index in [1.807, 2.05) is 39.0 Å². The molecule has 2 rings (SSSR count). The second-order valence-corrected chi connectivity index (χ2v) is 7.07. The summed E-state index contributed by atoms with van der Waals surface area (Å²) in [6, 6.07) is 7.23. The molecule has 0 aliphatic heterocycles. The van der Waals surface area contributed by atoms with Crippen LogP contribution in [0.1, 0.15) is 20.8 Å². The average Bonchev–Trinajstić information content (AvgIpc) is 2.42. The first-order chi connectivity index (χ1) is 10.3. The fraction of sp³-hybridized carbons (Fsp3) is 0.375. The van der Waals surface area contributed by atoms with Crippen LogP contribution >= 0.6 is 15.9 Å². The minimum absolute atomic E-state index is 0.248. The van der Waals surface area contributed by atoms with Crippen molar-refractivity contribution in [2.45, 2.75) is 26.8 Å². The van der Waals surface area contributed by atoms with E-state index in [0.717, 1.165) is 15.4 Å². The highest BCUT2D eigenvalue weighted by Gasteiger charge is 2.27. The number of benzene rings is 1. The fourth-order valence-corrected chi connectivity index (χ4v) is 2.41. The van der Waals surface area contributed by atoms with Crippen LogP contribution < -0.4 is 10.1 Å². The Hall–Kier alpha value is -1.82. The third-order valence-electron chi connectivity index (χ3n) is 3.41. The van der Waals surface area contributed by atoms with Gasteiger partial charge in [0.2, 0.25) is 0 Å². The number of fused-ring (bicyclic) bond motifs is 1. The molecule has 2 aromatic rings. The number of nitrogens with zero attached hydrogens (tertiary/aromatic N) is 1. The van der Waals surface area contributed by atoms with Crippen LogP contribution in [0.2, 0.25) is 0 Å². The fourth-order valence-electron chi connectivity index (χ4n) is 2.05. The van der Waals surface area contributed by atoms with E-state index < -0.39 is 6.09 Å². The number of pyridine rings is 1. The number of ether oxygens (including phenoxy) is 1. The van der Waals surface area contributed by atoms with Gasteiger partial charge in [0.15, 0.2) is 0 Å². The lowest BCUT2D eigenvalue weighted by Gasteiger charge is -2.30. The molecule has 5 nitrogen and oxygen atoms in total. The van der Waals surface area contributed by atoms with Crippen LogP contribution in [-0.2, 0) is 0 Å². The van der Waals surface area contributed by atoms with Crippen molar-refractivity contribution in [3.05, 3.63) is 34.9 Å². The Bertz CT molecular complexity index is 683. The van der Waals surface area contributed by atoms with Gasteiger partial charge in [0.1, 0.15) is 12.4 Å². The number of amides is 1. The highest BCUT2D eigenvalue weighted by atomic mass is 79.9. The molecule has 0 radical (unpaired) electrons. The predicted octanol–water partition coefficient (Wildman–Crippen LogP) is 4.06. The number of hydrogen-bond acceptors (Lipinski definition) is 3. The maximum absolute atomic E-state index is 10.9. The highest BCUT2D eigenvalue weighted by molar-refractivity contribution is 9.10. The summed E-state index contributed by atoms with van der Waals surface area (Å²) in [4.78, 5) is 15.2. The third-order valence-corrected chi connectivity index (χ3v) is 3.91. The van der Waals surface area contributed by atoms with Crippen LogP contribution in [0.15, 0.2) is 34.9 Å². The zero-order valence-corrected chi connectivity index (χ0v) is 14.3. The van der Waals surface area contributed by atoms with E-state index in [-0.39, 0.29) is 18.1 Å². The van der Waals surface area contributed by atoms with Crippen molar-refractivity contribution in [1.29, 1.82) is 0 Å². The number of nitrogens with one attached hydrogen (secondary N) is 1. The summed E-state index contributed by atoms with van der Waals surface area (Å²) in [5, 5.41) is 12.4. The monoisotopic (exact) mass is 366 g/mol. The molecule has 1 heterocycles. The molecule has 1 atom stereocenters. The molecule has 0 saturated heterocycles. The minimum atomic E-state index is -1.05. The number of hydrogen-bond donors (Lipinski definition) is 2. The summed E-state index contributed by atoms with van der Waals surface area (Å²) >= 11 is 3.44. The van der Waals surface area contributed by atoms with E-state index in [1.165, 1.54) is 0 Å². The lowest BCUT2D eigenvalue weighted by Crippen LogP contribution is -2.47. The summed E-state index contributed by atoms with van der Waals surface area (Å²) < 4.78 is 6.82. The van der Waals surface area contributed by atoms with Crippen LogP contribution in [-0.4, -0.2) is 28.8 Å². The van der Waals surface area contributed by atoms with Gasteiger partial charge in [-0.05, 0) is 29.7 Å². The number of rotatable bonds is 4. The molecule has 22 heavy (non-hydrogen) atoms. The molecule has 6 heteroatoms. The Kier molecular flexibility index (Phi) is 4.90. The Morgan fingerprint density at radius 2 is 2.14 bits per heavy atom. The van der Waals surface area contributed by atoms with Gasteiger partial charge in [0.25, 0.3) is 0 Å². The summed E-state index contributed by atoms with van der Waals surface area (Å²) in [6.07, 6.45) is 0.633. The molecule has 0 fully saturated rings. The van der Waals surface area contributed by atoms with Gasteiger partial charge in [-0.2, -0.15) is 0 Å². The maximum Gasteiger partial charge on any atom is 0.405 e. The van der Waals surface area contributed by atoms with Gasteiger partial charge < -0.3 is 15.2 Å². The van der Waals surface area contributed by atoms with Crippen molar-refractivity contribution in [3.63, 3.8) is 0 Å². The summed E-state index contributed by atoms with van der Waals surface area (Å²) in [5.74, 6) is 0.688. The van der Waals surface area contributed by atoms with Crippen LogP contribution in [0, 0.1) is 5.41 Å². The van der Waals surface area contributed by atoms with E-state index in [2.05, 4.69) is 26.2 Å². The standard InChI is InChI=1S/C16H19BrN2O3/c1-16(2,3)14(19-15(20)21)9-22-13-6-7-18-12-5-4-10(17)8-11(12)13/h4-8,14,19H,9H2,1-3H3,(H,20,21). The molecular formula is C16H19BrN2O3. The molecular weight excluding hydrogens is 348 g/mol. The van der Waals surface area contributed by atoms with Crippen molar-refractivity contribution in [1.82, 2.24) is 10.3 Å². The molecule has 1 aromatic heterocycles. The first-order valence-corrected chi connectivity index (χ1v) is 7.73. The number of carboxylic acid groups (broad SMARTS) is 1. The molecule has 1 amide bonds. The van der Waals surface area contributed by atoms with Crippen LogP contribution in [0.4, 0.5) is 4.79 Å². The van der Waals surface area contributed by atoms with Crippen molar-refractivity contribution in [3.8, 4) is 5.75 Å². The van der Waals surface area contributed by atoms with Crippen molar-refractivity contribution < 1.29 is 14.6 Å². The summed E-state index contributed by atoms with van der Waals surface area (Å²) in [7, 11) is 0. The molecule has 0 saturated carbocycles. The van der Waals surface area contributed by atoms with Gasteiger partial charge in [-0.25, -0.2) is 4.79 Å². The van der Waals surface area contributed by atoms with E-state index in [4.69, 9.17) is 9.84 Å².